The fraction of sp³-hybridized carbons (Fsp3) is 0.857. The van der Waals surface area contributed by atoms with Crippen molar-refractivity contribution in [3.05, 3.63) is 0 Å². The quantitative estimate of drug-likeness (QED) is 0.619. The van der Waals surface area contributed by atoms with Gasteiger partial charge in [-0.2, -0.15) is 0 Å². The lowest BCUT2D eigenvalue weighted by Gasteiger charge is -2.18. The van der Waals surface area contributed by atoms with Gasteiger partial charge in [0.15, 0.2) is 0 Å². The molecular formula is C14H29N3O2. The Balaban J connectivity index is 4.03. The van der Waals surface area contributed by atoms with E-state index in [1.54, 1.807) is 6.92 Å². The van der Waals surface area contributed by atoms with Crippen LogP contribution in [0.4, 0.5) is 0 Å². The average molecular weight is 271 g/mol. The maximum Gasteiger partial charge on any atom is 0.242 e. The highest BCUT2D eigenvalue weighted by Gasteiger charge is 2.19. The second kappa shape index (κ2) is 8.91. The van der Waals surface area contributed by atoms with E-state index >= 15 is 0 Å². The molecule has 0 rings (SSSR count). The molecule has 0 bridgehead atoms. The van der Waals surface area contributed by atoms with Crippen molar-refractivity contribution in [2.45, 2.75) is 72.0 Å². The Morgan fingerprint density at radius 1 is 0.947 bits per heavy atom. The summed E-state index contributed by atoms with van der Waals surface area (Å²) in [6.45, 7) is 9.32. The van der Waals surface area contributed by atoms with E-state index < -0.39 is 6.04 Å². The van der Waals surface area contributed by atoms with E-state index in [4.69, 9.17) is 5.73 Å². The van der Waals surface area contributed by atoms with E-state index in [1.165, 1.54) is 0 Å². The molecule has 0 aliphatic carbocycles. The van der Waals surface area contributed by atoms with Gasteiger partial charge in [0.25, 0.3) is 0 Å². The molecule has 0 saturated heterocycles. The van der Waals surface area contributed by atoms with E-state index in [0.717, 1.165) is 19.3 Å². The van der Waals surface area contributed by atoms with E-state index in [9.17, 15) is 9.59 Å². The predicted molar refractivity (Wildman–Crippen MR) is 77.5 cm³/mol. The van der Waals surface area contributed by atoms with Gasteiger partial charge in [-0.15, -0.1) is 0 Å². The van der Waals surface area contributed by atoms with Crippen molar-refractivity contribution in [2.24, 2.45) is 11.7 Å². The standard InChI is InChI=1S/C14H29N3O2/c1-9(2)16-14(19)12(5)17-13(18)10(3)7-6-8-11(4)15/h9-12H,6-8,15H2,1-5H3,(H,16,19)(H,17,18). The molecule has 19 heavy (non-hydrogen) atoms. The summed E-state index contributed by atoms with van der Waals surface area (Å²) >= 11 is 0. The SMILES string of the molecule is CC(N)CCCC(C)C(=O)NC(C)C(=O)NC(C)C. The highest BCUT2D eigenvalue weighted by Crippen LogP contribution is 2.09. The normalized spacial score (nSPS) is 15.7. The van der Waals surface area contributed by atoms with Gasteiger partial charge in [0.1, 0.15) is 6.04 Å². The zero-order valence-corrected chi connectivity index (χ0v) is 12.8. The lowest BCUT2D eigenvalue weighted by molar-refractivity contribution is -0.130. The van der Waals surface area contributed by atoms with Crippen molar-refractivity contribution in [2.75, 3.05) is 0 Å². The van der Waals surface area contributed by atoms with Gasteiger partial charge in [0, 0.05) is 18.0 Å². The molecule has 112 valence electrons. The Kier molecular flexibility index (Phi) is 8.39. The summed E-state index contributed by atoms with van der Waals surface area (Å²) in [5.74, 6) is -0.310. The lowest BCUT2D eigenvalue weighted by atomic mass is 10.0. The molecule has 0 fully saturated rings. The van der Waals surface area contributed by atoms with Crippen LogP contribution in [0.3, 0.4) is 0 Å². The number of carbonyl (C=O) groups excluding carboxylic acids is 2. The van der Waals surface area contributed by atoms with E-state index in [1.807, 2.05) is 27.7 Å². The number of hydrogen-bond donors (Lipinski definition) is 3. The molecule has 5 heteroatoms. The van der Waals surface area contributed by atoms with E-state index in [-0.39, 0.29) is 29.8 Å². The Labute approximate surface area is 116 Å². The third kappa shape index (κ3) is 8.59. The number of nitrogens with two attached hydrogens (primary N) is 1. The van der Waals surface area contributed by atoms with Crippen LogP contribution >= 0.6 is 0 Å². The van der Waals surface area contributed by atoms with Crippen LogP contribution in [0, 0.1) is 5.92 Å². The van der Waals surface area contributed by atoms with Gasteiger partial charge in [-0.25, -0.2) is 0 Å². The van der Waals surface area contributed by atoms with Crippen LogP contribution in [0.25, 0.3) is 0 Å². The van der Waals surface area contributed by atoms with Crippen LogP contribution in [0.5, 0.6) is 0 Å². The van der Waals surface area contributed by atoms with E-state index in [0.29, 0.717) is 0 Å². The summed E-state index contributed by atoms with van der Waals surface area (Å²) in [6, 6.07) is -0.243. The van der Waals surface area contributed by atoms with Crippen LogP contribution < -0.4 is 16.4 Å². The van der Waals surface area contributed by atoms with Crippen molar-refractivity contribution in [3.8, 4) is 0 Å². The first-order valence-electron chi connectivity index (χ1n) is 7.10. The fourth-order valence-electron chi connectivity index (χ4n) is 1.71. The lowest BCUT2D eigenvalue weighted by Crippen LogP contribution is -2.48. The van der Waals surface area contributed by atoms with Gasteiger partial charge in [0.05, 0.1) is 0 Å². The summed E-state index contributed by atoms with van der Waals surface area (Å²) in [5, 5.41) is 5.52. The molecule has 0 aromatic rings. The topological polar surface area (TPSA) is 84.2 Å². The van der Waals surface area contributed by atoms with Crippen LogP contribution in [-0.2, 0) is 9.59 Å². The van der Waals surface area contributed by atoms with Crippen molar-refractivity contribution in [3.63, 3.8) is 0 Å². The Bertz CT molecular complexity index is 290. The number of nitrogens with one attached hydrogen (secondary N) is 2. The zero-order valence-electron chi connectivity index (χ0n) is 12.8. The van der Waals surface area contributed by atoms with Crippen molar-refractivity contribution in [1.82, 2.24) is 10.6 Å². The smallest absolute Gasteiger partial charge is 0.242 e. The summed E-state index contributed by atoms with van der Waals surface area (Å²) in [7, 11) is 0. The molecule has 0 aromatic carbocycles. The molecule has 0 saturated carbocycles. The maximum atomic E-state index is 11.9. The molecular weight excluding hydrogens is 242 g/mol. The zero-order chi connectivity index (χ0) is 15.0. The molecule has 0 aromatic heterocycles. The minimum absolute atomic E-state index is 0.0731. The average Bonchev–Trinajstić information content (AvgIpc) is 2.27. The third-order valence-electron chi connectivity index (χ3n) is 2.93. The molecule has 0 aliphatic heterocycles. The number of rotatable bonds is 8. The Morgan fingerprint density at radius 3 is 2.00 bits per heavy atom. The minimum atomic E-state index is -0.495. The molecule has 0 radical (unpaired) electrons. The Morgan fingerprint density at radius 2 is 1.53 bits per heavy atom. The van der Waals surface area contributed by atoms with Gasteiger partial charge >= 0.3 is 0 Å². The van der Waals surface area contributed by atoms with Gasteiger partial charge in [0.2, 0.25) is 11.8 Å². The predicted octanol–water partition coefficient (Wildman–Crippen LogP) is 1.17. The second-order valence-electron chi connectivity index (χ2n) is 5.70. The molecule has 0 aliphatic rings. The van der Waals surface area contributed by atoms with Crippen LogP contribution in [0.1, 0.15) is 53.9 Å². The van der Waals surface area contributed by atoms with Gasteiger partial charge in [-0.1, -0.05) is 13.3 Å². The number of carbonyl (C=O) groups is 2. The monoisotopic (exact) mass is 271 g/mol. The number of amides is 2. The van der Waals surface area contributed by atoms with E-state index in [2.05, 4.69) is 10.6 Å². The minimum Gasteiger partial charge on any atom is -0.352 e. The molecule has 0 heterocycles. The van der Waals surface area contributed by atoms with Crippen LogP contribution in [0.15, 0.2) is 0 Å². The molecule has 4 N–H and O–H groups in total. The summed E-state index contributed by atoms with van der Waals surface area (Å²) < 4.78 is 0. The fourth-order valence-corrected chi connectivity index (χ4v) is 1.71. The summed E-state index contributed by atoms with van der Waals surface area (Å²) in [5.41, 5.74) is 5.67. The first kappa shape index (κ1) is 17.9. The maximum absolute atomic E-state index is 11.9. The molecule has 0 spiro atoms. The molecule has 3 atom stereocenters. The Hall–Kier alpha value is -1.10. The highest BCUT2D eigenvalue weighted by molar-refractivity contribution is 5.88. The second-order valence-corrected chi connectivity index (χ2v) is 5.70. The molecule has 5 nitrogen and oxygen atoms in total. The molecule has 2 amide bonds. The first-order chi connectivity index (χ1) is 8.73. The van der Waals surface area contributed by atoms with Crippen LogP contribution in [-0.4, -0.2) is 29.9 Å². The van der Waals surface area contributed by atoms with Crippen molar-refractivity contribution < 1.29 is 9.59 Å². The van der Waals surface area contributed by atoms with Gasteiger partial charge in [-0.3, -0.25) is 9.59 Å². The van der Waals surface area contributed by atoms with Gasteiger partial charge < -0.3 is 16.4 Å². The summed E-state index contributed by atoms with van der Waals surface area (Å²) in [4.78, 5) is 23.6. The molecule has 3 unspecified atom stereocenters. The highest BCUT2D eigenvalue weighted by atomic mass is 16.2. The largest absolute Gasteiger partial charge is 0.352 e. The third-order valence-corrected chi connectivity index (χ3v) is 2.93. The van der Waals surface area contributed by atoms with Crippen molar-refractivity contribution in [1.29, 1.82) is 0 Å². The first-order valence-corrected chi connectivity index (χ1v) is 7.10. The van der Waals surface area contributed by atoms with Gasteiger partial charge in [-0.05, 0) is 40.5 Å². The van der Waals surface area contributed by atoms with Crippen LogP contribution in [0.2, 0.25) is 0 Å². The number of hydrogen-bond acceptors (Lipinski definition) is 3. The summed E-state index contributed by atoms with van der Waals surface area (Å²) in [6.07, 6.45) is 2.64. The van der Waals surface area contributed by atoms with Crippen molar-refractivity contribution >= 4 is 11.8 Å².